The number of methoxy groups -OCH3 is 1. The maximum absolute atomic E-state index is 14.9. The highest BCUT2D eigenvalue weighted by Crippen LogP contribution is 2.34. The molecule has 10 heteroatoms. The fourth-order valence-corrected chi connectivity index (χ4v) is 3.58. The van der Waals surface area contributed by atoms with Gasteiger partial charge < -0.3 is 4.74 Å². The Morgan fingerprint density at radius 3 is 2.25 bits per heavy atom. The molecular weight excluding hydrogens is 435 g/mol. The topological polar surface area (TPSA) is 53.2 Å². The molecular formula is C22H19F5N2O3. The molecule has 5 nitrogen and oxygen atoms in total. The van der Waals surface area contributed by atoms with Gasteiger partial charge >= 0.3 is 11.9 Å². The lowest BCUT2D eigenvalue weighted by Gasteiger charge is -2.20. The van der Waals surface area contributed by atoms with E-state index in [1.54, 1.807) is 0 Å². The quantitative estimate of drug-likeness (QED) is 0.539. The minimum atomic E-state index is -4.87. The van der Waals surface area contributed by atoms with Crippen molar-refractivity contribution < 1.29 is 26.7 Å². The third kappa shape index (κ3) is 3.92. The van der Waals surface area contributed by atoms with Crippen LogP contribution < -0.4 is 16.0 Å². The van der Waals surface area contributed by atoms with Crippen LogP contribution in [-0.2, 0) is 19.3 Å². The fourth-order valence-electron chi connectivity index (χ4n) is 3.58. The van der Waals surface area contributed by atoms with Crippen molar-refractivity contribution in [2.45, 2.75) is 33.1 Å². The molecule has 0 amide bonds. The van der Waals surface area contributed by atoms with Crippen LogP contribution in [0.4, 0.5) is 22.0 Å². The number of nitrogens with zero attached hydrogens (tertiary/aromatic N) is 2. The van der Waals surface area contributed by atoms with Gasteiger partial charge in [-0.1, -0.05) is 18.2 Å². The van der Waals surface area contributed by atoms with E-state index in [0.717, 1.165) is 21.3 Å². The van der Waals surface area contributed by atoms with Crippen molar-refractivity contribution in [3.05, 3.63) is 85.7 Å². The largest absolute Gasteiger partial charge is 0.494 e. The summed E-state index contributed by atoms with van der Waals surface area (Å²) >= 11 is 0. The average Bonchev–Trinajstić information content (AvgIpc) is 2.73. The lowest BCUT2D eigenvalue weighted by atomic mass is 10.0. The van der Waals surface area contributed by atoms with Crippen molar-refractivity contribution in [2.75, 3.05) is 7.11 Å². The molecule has 2 aromatic carbocycles. The number of hydrogen-bond donors (Lipinski definition) is 0. The molecule has 0 aliphatic heterocycles. The van der Waals surface area contributed by atoms with Gasteiger partial charge in [0.1, 0.15) is 5.82 Å². The van der Waals surface area contributed by atoms with Crippen molar-refractivity contribution >= 4 is 0 Å². The predicted molar refractivity (Wildman–Crippen MR) is 108 cm³/mol. The molecule has 32 heavy (non-hydrogen) atoms. The molecule has 0 spiro atoms. The van der Waals surface area contributed by atoms with E-state index in [9.17, 15) is 31.5 Å². The SMILES string of the molecule is CCn1c(=O)c(-c2cccc(OC)c2F)c(C)n(Cc2c(F)cccc2C(F)(F)F)c1=O. The van der Waals surface area contributed by atoms with Crippen LogP contribution in [0.5, 0.6) is 5.75 Å². The van der Waals surface area contributed by atoms with E-state index in [1.165, 1.54) is 39.2 Å². The van der Waals surface area contributed by atoms with Gasteiger partial charge in [-0.2, -0.15) is 13.2 Å². The Labute approximate surface area is 179 Å². The maximum Gasteiger partial charge on any atom is 0.416 e. The maximum atomic E-state index is 14.9. The first-order valence-electron chi connectivity index (χ1n) is 9.54. The Morgan fingerprint density at radius 1 is 1.00 bits per heavy atom. The van der Waals surface area contributed by atoms with Crippen molar-refractivity contribution in [2.24, 2.45) is 0 Å². The normalized spacial score (nSPS) is 11.6. The van der Waals surface area contributed by atoms with Crippen LogP contribution in [0.2, 0.25) is 0 Å². The number of halogens is 5. The molecule has 0 saturated heterocycles. The molecule has 170 valence electrons. The highest BCUT2D eigenvalue weighted by Gasteiger charge is 2.35. The van der Waals surface area contributed by atoms with E-state index in [1.807, 2.05) is 0 Å². The van der Waals surface area contributed by atoms with Crippen molar-refractivity contribution in [3.63, 3.8) is 0 Å². The average molecular weight is 454 g/mol. The Balaban J connectivity index is 2.35. The van der Waals surface area contributed by atoms with Crippen molar-refractivity contribution in [3.8, 4) is 16.9 Å². The number of alkyl halides is 3. The Bertz CT molecular complexity index is 1290. The Kier molecular flexibility index (Phi) is 6.25. The summed E-state index contributed by atoms with van der Waals surface area (Å²) in [6.45, 7) is 1.86. The minimum absolute atomic E-state index is 0.103. The second kappa shape index (κ2) is 8.60. The van der Waals surface area contributed by atoms with Gasteiger partial charge in [0.25, 0.3) is 5.56 Å². The monoisotopic (exact) mass is 454 g/mol. The molecule has 0 fully saturated rings. The van der Waals surface area contributed by atoms with E-state index < -0.39 is 46.7 Å². The zero-order valence-electron chi connectivity index (χ0n) is 17.4. The first-order valence-corrected chi connectivity index (χ1v) is 9.54. The minimum Gasteiger partial charge on any atom is -0.494 e. The summed E-state index contributed by atoms with van der Waals surface area (Å²) in [6, 6.07) is 6.53. The van der Waals surface area contributed by atoms with Crippen LogP contribution in [0.15, 0.2) is 46.0 Å². The van der Waals surface area contributed by atoms with E-state index in [4.69, 9.17) is 4.74 Å². The second-order valence-corrected chi connectivity index (χ2v) is 6.96. The van der Waals surface area contributed by atoms with Gasteiger partial charge in [0.15, 0.2) is 11.6 Å². The van der Waals surface area contributed by atoms with Crippen LogP contribution in [0.3, 0.4) is 0 Å². The summed E-state index contributed by atoms with van der Waals surface area (Å²) in [7, 11) is 1.23. The smallest absolute Gasteiger partial charge is 0.416 e. The number of hydrogen-bond acceptors (Lipinski definition) is 3. The summed E-state index contributed by atoms with van der Waals surface area (Å²) in [6.07, 6.45) is -4.87. The Hall–Kier alpha value is -3.43. The standard InChI is InChI=1S/C22H19F5N2O3/c1-4-28-20(30)18(13-7-5-10-17(32-3)19(13)24)12(2)29(21(28)31)11-14-15(22(25,26)27)8-6-9-16(14)23/h5-10H,4,11H2,1-3H3. The number of aromatic nitrogens is 2. The van der Waals surface area contributed by atoms with Gasteiger partial charge in [0, 0.05) is 23.4 Å². The van der Waals surface area contributed by atoms with Gasteiger partial charge in [-0.25, -0.2) is 13.6 Å². The van der Waals surface area contributed by atoms with Crippen molar-refractivity contribution in [1.82, 2.24) is 9.13 Å². The summed E-state index contributed by atoms with van der Waals surface area (Å²) in [5.74, 6) is -2.19. The zero-order chi connectivity index (χ0) is 23.8. The molecule has 0 N–H and O–H groups in total. The molecule has 0 atom stereocenters. The van der Waals surface area contributed by atoms with Crippen molar-refractivity contribution in [1.29, 1.82) is 0 Å². The van der Waals surface area contributed by atoms with Gasteiger partial charge in [-0.3, -0.25) is 13.9 Å². The molecule has 0 unspecified atom stereocenters. The molecule has 0 aliphatic rings. The third-order valence-electron chi connectivity index (χ3n) is 5.20. The van der Waals surface area contributed by atoms with Gasteiger partial charge in [-0.15, -0.1) is 0 Å². The lowest BCUT2D eigenvalue weighted by Crippen LogP contribution is -2.42. The molecule has 3 rings (SSSR count). The number of rotatable bonds is 5. The highest BCUT2D eigenvalue weighted by atomic mass is 19.4. The molecule has 0 radical (unpaired) electrons. The zero-order valence-corrected chi connectivity index (χ0v) is 17.4. The van der Waals surface area contributed by atoms with Crippen LogP contribution in [-0.4, -0.2) is 16.2 Å². The lowest BCUT2D eigenvalue weighted by molar-refractivity contribution is -0.138. The van der Waals surface area contributed by atoms with E-state index in [-0.39, 0.29) is 29.1 Å². The molecule has 0 bridgehead atoms. The summed E-state index contributed by atoms with van der Waals surface area (Å²) < 4.78 is 76.2. The number of ether oxygens (including phenoxy) is 1. The summed E-state index contributed by atoms with van der Waals surface area (Å²) in [4.78, 5) is 25.9. The molecule has 0 aliphatic carbocycles. The first-order chi connectivity index (χ1) is 15.0. The molecule has 1 heterocycles. The van der Waals surface area contributed by atoms with Crippen LogP contribution >= 0.6 is 0 Å². The molecule has 0 saturated carbocycles. The molecule has 1 aromatic heterocycles. The van der Waals surface area contributed by atoms with Gasteiger partial charge in [0.2, 0.25) is 0 Å². The van der Waals surface area contributed by atoms with E-state index >= 15 is 0 Å². The summed E-state index contributed by atoms with van der Waals surface area (Å²) in [5, 5.41) is 0. The second-order valence-electron chi connectivity index (χ2n) is 6.96. The van der Waals surface area contributed by atoms with E-state index in [0.29, 0.717) is 6.07 Å². The van der Waals surface area contributed by atoms with Crippen LogP contribution in [0.25, 0.3) is 11.1 Å². The van der Waals surface area contributed by atoms with Gasteiger partial charge in [0.05, 0.1) is 24.8 Å². The molecule has 3 aromatic rings. The highest BCUT2D eigenvalue weighted by molar-refractivity contribution is 5.67. The Morgan fingerprint density at radius 2 is 1.66 bits per heavy atom. The van der Waals surface area contributed by atoms with Gasteiger partial charge in [-0.05, 0) is 32.0 Å². The van der Waals surface area contributed by atoms with Crippen LogP contribution in [0.1, 0.15) is 23.7 Å². The van der Waals surface area contributed by atoms with Crippen LogP contribution in [0, 0.1) is 18.6 Å². The van der Waals surface area contributed by atoms with E-state index in [2.05, 4.69) is 0 Å². The number of benzene rings is 2. The first kappa shape index (κ1) is 23.2. The fraction of sp³-hybridized carbons (Fsp3) is 0.273. The third-order valence-corrected chi connectivity index (χ3v) is 5.20. The predicted octanol–water partition coefficient (Wildman–Crippen LogP) is 4.36. The summed E-state index contributed by atoms with van der Waals surface area (Å²) in [5.41, 5.74) is -4.27.